The van der Waals surface area contributed by atoms with Gasteiger partial charge in [-0.15, -0.1) is 0 Å². The van der Waals surface area contributed by atoms with E-state index in [1.165, 1.54) is 46.5 Å². The smallest absolute Gasteiger partial charge is 0.241 e. The predicted octanol–water partition coefficient (Wildman–Crippen LogP) is 8.77. The molecule has 0 radical (unpaired) electrons. The summed E-state index contributed by atoms with van der Waals surface area (Å²) in [5, 5.41) is 16.8. The second-order valence-electron chi connectivity index (χ2n) is 16.8. The second-order valence-corrected chi connectivity index (χ2v) is 16.8. The maximum atomic E-state index is 12.7. The molecule has 3 aromatic carbocycles. The molecule has 4 aromatic rings. The Balaban J connectivity index is 0.000000184. The maximum Gasteiger partial charge on any atom is 0.241 e. The number of aryl methyl sites for hydroxylation is 2. The number of carbonyl (C=O) groups is 1. The fourth-order valence-corrected chi connectivity index (χ4v) is 7.84. The largest absolute Gasteiger partial charge is 0.378 e. The Morgan fingerprint density at radius 1 is 0.868 bits per heavy atom. The van der Waals surface area contributed by atoms with Crippen molar-refractivity contribution in [3.63, 3.8) is 0 Å². The van der Waals surface area contributed by atoms with Gasteiger partial charge in [0.2, 0.25) is 5.91 Å². The molecule has 9 nitrogen and oxygen atoms in total. The minimum Gasteiger partial charge on any atom is -0.378 e. The number of likely N-dealkylation sites (tertiary alicyclic amines) is 1. The van der Waals surface area contributed by atoms with Gasteiger partial charge in [-0.25, -0.2) is 4.98 Å². The summed E-state index contributed by atoms with van der Waals surface area (Å²) >= 11 is 0. The van der Waals surface area contributed by atoms with Crippen molar-refractivity contribution in [2.45, 2.75) is 117 Å². The number of anilines is 3. The van der Waals surface area contributed by atoms with Gasteiger partial charge in [0.05, 0.1) is 17.1 Å². The molecule has 6 rings (SSSR count). The van der Waals surface area contributed by atoms with Gasteiger partial charge in [-0.3, -0.25) is 9.69 Å². The van der Waals surface area contributed by atoms with Gasteiger partial charge in [0.1, 0.15) is 0 Å². The standard InChI is InChI=1S/C18H28N2O.C17H19N3.C9H20N2O/c1-4-5-12-20-13-7-6-11-16(20)18(21)19-17-14(2)9-8-10-15(17)3;1-19(2)14-7-5-12-9-13-6-8-15(20(3)4)11-17(13)18-16(12)10-14;1-8(2)5-7(10)6-9(3,4)11(8)12/h8-10,16H,4-7,11-13H2,1-3H3,(H,19,21);5-11H,1-4H3;7,12H,5-6,10H2,1-4H3. The lowest BCUT2D eigenvalue weighted by Crippen LogP contribution is -2.61. The van der Waals surface area contributed by atoms with Gasteiger partial charge in [-0.2, -0.15) is 5.06 Å². The van der Waals surface area contributed by atoms with Gasteiger partial charge in [-0.1, -0.05) is 50.1 Å². The number of fused-ring (bicyclic) bond motifs is 2. The molecule has 2 saturated heterocycles. The van der Waals surface area contributed by atoms with E-state index in [0.29, 0.717) is 0 Å². The van der Waals surface area contributed by atoms with Crippen LogP contribution in [0.4, 0.5) is 17.1 Å². The number of nitrogens with zero attached hydrogens (tertiary/aromatic N) is 5. The van der Waals surface area contributed by atoms with Crippen LogP contribution in [0.5, 0.6) is 0 Å². The van der Waals surface area contributed by atoms with Crippen LogP contribution in [0.3, 0.4) is 0 Å². The number of rotatable bonds is 7. The van der Waals surface area contributed by atoms with Crippen molar-refractivity contribution in [1.29, 1.82) is 0 Å². The maximum absolute atomic E-state index is 12.7. The zero-order chi connectivity index (χ0) is 39.1. The molecule has 3 heterocycles. The minimum atomic E-state index is -0.193. The van der Waals surface area contributed by atoms with Crippen molar-refractivity contribution < 1.29 is 10.0 Å². The van der Waals surface area contributed by atoms with Gasteiger partial charge in [0.25, 0.3) is 0 Å². The Bertz CT molecular complexity index is 1720. The van der Waals surface area contributed by atoms with Gasteiger partial charge in [0.15, 0.2) is 0 Å². The van der Waals surface area contributed by atoms with Crippen LogP contribution >= 0.6 is 0 Å². The third-order valence-electron chi connectivity index (χ3n) is 10.7. The molecule has 53 heavy (non-hydrogen) atoms. The average molecular weight is 726 g/mol. The number of hydrogen-bond donors (Lipinski definition) is 3. The highest BCUT2D eigenvalue weighted by Crippen LogP contribution is 2.35. The number of aromatic nitrogens is 1. The molecular weight excluding hydrogens is 659 g/mol. The molecule has 2 aliphatic heterocycles. The molecule has 290 valence electrons. The van der Waals surface area contributed by atoms with Crippen molar-refractivity contribution in [2.75, 3.05) is 56.4 Å². The van der Waals surface area contributed by atoms with E-state index in [2.05, 4.69) is 95.4 Å². The first-order valence-electron chi connectivity index (χ1n) is 19.5. The minimum absolute atomic E-state index is 0.0457. The highest BCUT2D eigenvalue weighted by atomic mass is 16.5. The lowest BCUT2D eigenvalue weighted by atomic mass is 9.79. The SMILES string of the molecule is CC1(C)CC(N)CC(C)(C)N1O.CCCCN1CCCCC1C(=O)Nc1c(C)cccc1C.CN(C)c1ccc2cc3ccc(N(C)C)cc3nc2c1. The van der Waals surface area contributed by atoms with Crippen LogP contribution in [0.1, 0.15) is 90.7 Å². The van der Waals surface area contributed by atoms with Gasteiger partial charge in [-0.05, 0) is 128 Å². The molecule has 0 saturated carbocycles. The van der Waals surface area contributed by atoms with Crippen LogP contribution in [-0.2, 0) is 4.79 Å². The first kappa shape index (κ1) is 42.0. The zero-order valence-corrected chi connectivity index (χ0v) is 34.5. The average Bonchev–Trinajstić information content (AvgIpc) is 3.10. The number of unbranched alkanes of at least 4 members (excludes halogenated alkanes) is 1. The van der Waals surface area contributed by atoms with Crippen molar-refractivity contribution in [1.82, 2.24) is 14.9 Å². The molecule has 0 aliphatic carbocycles. The topological polar surface area (TPSA) is 101 Å². The normalized spacial score (nSPS) is 18.8. The zero-order valence-electron chi connectivity index (χ0n) is 34.5. The Morgan fingerprint density at radius 2 is 1.40 bits per heavy atom. The number of hydrogen-bond acceptors (Lipinski definition) is 8. The van der Waals surface area contributed by atoms with Crippen LogP contribution < -0.4 is 20.9 Å². The molecule has 1 atom stereocenters. The number of nitrogens with one attached hydrogen (secondary N) is 1. The third kappa shape index (κ3) is 10.9. The van der Waals surface area contributed by atoms with Gasteiger partial charge < -0.3 is 26.1 Å². The summed E-state index contributed by atoms with van der Waals surface area (Å²) in [6, 6.07) is 21.4. The van der Waals surface area contributed by atoms with E-state index >= 15 is 0 Å². The summed E-state index contributed by atoms with van der Waals surface area (Å²) in [6.07, 6.45) is 7.43. The number of amides is 1. The molecule has 2 fully saturated rings. The summed E-state index contributed by atoms with van der Waals surface area (Å²) in [5.41, 5.74) is 13.2. The second kappa shape index (κ2) is 18.0. The van der Waals surface area contributed by atoms with Crippen LogP contribution in [0, 0.1) is 13.8 Å². The lowest BCUT2D eigenvalue weighted by Gasteiger charge is -2.50. The summed E-state index contributed by atoms with van der Waals surface area (Å²) in [6.45, 7) is 16.5. The third-order valence-corrected chi connectivity index (χ3v) is 10.7. The Labute approximate surface area is 319 Å². The summed E-state index contributed by atoms with van der Waals surface area (Å²) in [7, 11) is 8.19. The van der Waals surface area contributed by atoms with Crippen LogP contribution in [0.15, 0.2) is 60.7 Å². The molecule has 0 spiro atoms. The highest BCUT2D eigenvalue weighted by Gasteiger charge is 2.43. The molecule has 2 aliphatic rings. The number of piperidine rings is 2. The first-order valence-corrected chi connectivity index (χ1v) is 19.5. The van der Waals surface area contributed by atoms with Crippen LogP contribution in [0.2, 0.25) is 0 Å². The van der Waals surface area contributed by atoms with E-state index in [9.17, 15) is 10.0 Å². The molecule has 1 amide bonds. The van der Waals surface area contributed by atoms with Crippen LogP contribution in [0.25, 0.3) is 21.8 Å². The van der Waals surface area contributed by atoms with Crippen molar-refractivity contribution >= 4 is 44.8 Å². The van der Waals surface area contributed by atoms with E-state index < -0.39 is 0 Å². The van der Waals surface area contributed by atoms with Gasteiger partial charge >= 0.3 is 0 Å². The predicted molar refractivity (Wildman–Crippen MR) is 226 cm³/mol. The quantitative estimate of drug-likeness (QED) is 0.163. The summed E-state index contributed by atoms with van der Waals surface area (Å²) < 4.78 is 0. The highest BCUT2D eigenvalue weighted by molar-refractivity contribution is 5.96. The number of nitrogens with two attached hydrogens (primary N) is 1. The number of carbonyl (C=O) groups excluding carboxylic acids is 1. The molecule has 1 unspecified atom stereocenters. The summed E-state index contributed by atoms with van der Waals surface area (Å²) in [4.78, 5) is 24.1. The Hall–Kier alpha value is -3.76. The lowest BCUT2D eigenvalue weighted by molar-refractivity contribution is -0.244. The molecule has 0 bridgehead atoms. The fourth-order valence-electron chi connectivity index (χ4n) is 7.84. The number of hydroxylamine groups is 2. The first-order chi connectivity index (χ1) is 24.9. The number of para-hydroxylation sites is 1. The van der Waals surface area contributed by atoms with E-state index in [-0.39, 0.29) is 29.1 Å². The van der Waals surface area contributed by atoms with Crippen LogP contribution in [-0.4, -0.2) is 90.5 Å². The van der Waals surface area contributed by atoms with E-state index in [1.54, 1.807) is 0 Å². The van der Waals surface area contributed by atoms with Gasteiger partial charge in [0, 0.05) is 73.1 Å². The molecular formula is C44H67N7O2. The monoisotopic (exact) mass is 726 g/mol. The van der Waals surface area contributed by atoms with Crippen molar-refractivity contribution in [2.24, 2.45) is 5.73 Å². The molecule has 4 N–H and O–H groups in total. The van der Waals surface area contributed by atoms with E-state index in [1.807, 2.05) is 62.0 Å². The van der Waals surface area contributed by atoms with E-state index in [0.717, 1.165) is 66.6 Å². The van der Waals surface area contributed by atoms with Crippen molar-refractivity contribution in [3.05, 3.63) is 71.8 Å². The molecule has 1 aromatic heterocycles. The van der Waals surface area contributed by atoms with Crippen molar-refractivity contribution in [3.8, 4) is 0 Å². The summed E-state index contributed by atoms with van der Waals surface area (Å²) in [5.74, 6) is 0.170. The number of benzene rings is 3. The van der Waals surface area contributed by atoms with E-state index in [4.69, 9.17) is 10.7 Å². The molecule has 9 heteroatoms. The number of pyridine rings is 1. The fraction of sp³-hybridized carbons (Fsp3) is 0.545. The Kier molecular flexibility index (Phi) is 14.3. The Morgan fingerprint density at radius 3 is 1.89 bits per heavy atom.